The number of anilines is 1. The molecule has 0 fully saturated rings. The third kappa shape index (κ3) is 3.70. The van der Waals surface area contributed by atoms with Crippen molar-refractivity contribution < 1.29 is 0 Å². The van der Waals surface area contributed by atoms with Crippen LogP contribution in [0.15, 0.2) is 24.3 Å². The number of nitrogens with zero attached hydrogens (tertiary/aromatic N) is 2. The summed E-state index contributed by atoms with van der Waals surface area (Å²) in [6.45, 7) is 7.15. The Hall–Kier alpha value is -1.61. The summed E-state index contributed by atoms with van der Waals surface area (Å²) in [5.74, 6) is 1.79. The molecule has 0 saturated carbocycles. The lowest BCUT2D eigenvalue weighted by Crippen LogP contribution is -2.09. The fourth-order valence-corrected chi connectivity index (χ4v) is 2.09. The van der Waals surface area contributed by atoms with Gasteiger partial charge in [0.05, 0.1) is 0 Å². The van der Waals surface area contributed by atoms with Gasteiger partial charge in [-0.05, 0) is 38.0 Å². The van der Waals surface area contributed by atoms with E-state index >= 15 is 0 Å². The lowest BCUT2D eigenvalue weighted by Gasteiger charge is -2.11. The van der Waals surface area contributed by atoms with Gasteiger partial charge in [-0.3, -0.25) is 0 Å². The molecule has 106 valence electrons. The molecule has 1 aromatic heterocycles. The average molecular weight is 290 g/mol. The summed E-state index contributed by atoms with van der Waals surface area (Å²) >= 11 is 5.90. The zero-order valence-electron chi connectivity index (χ0n) is 12.2. The van der Waals surface area contributed by atoms with Crippen LogP contribution in [0.1, 0.15) is 36.0 Å². The number of halogens is 1. The van der Waals surface area contributed by atoms with Crippen molar-refractivity contribution in [2.75, 3.05) is 11.9 Å². The predicted molar refractivity (Wildman–Crippen MR) is 84.5 cm³/mol. The van der Waals surface area contributed by atoms with Crippen molar-refractivity contribution in [2.24, 2.45) is 0 Å². The van der Waals surface area contributed by atoms with Gasteiger partial charge in [0, 0.05) is 29.2 Å². The Morgan fingerprint density at radius 1 is 1.10 bits per heavy atom. The van der Waals surface area contributed by atoms with E-state index in [1.165, 1.54) is 5.56 Å². The highest BCUT2D eigenvalue weighted by molar-refractivity contribution is 6.30. The molecule has 0 radical (unpaired) electrons. The summed E-state index contributed by atoms with van der Waals surface area (Å²) in [5, 5.41) is 4.12. The van der Waals surface area contributed by atoms with E-state index in [0.29, 0.717) is 0 Å². The van der Waals surface area contributed by atoms with Crippen LogP contribution in [0.3, 0.4) is 0 Å². The lowest BCUT2D eigenvalue weighted by molar-refractivity contribution is 0.904. The second-order valence-electron chi connectivity index (χ2n) is 4.93. The first-order valence-electron chi connectivity index (χ1n) is 6.92. The van der Waals surface area contributed by atoms with Crippen molar-refractivity contribution in [1.82, 2.24) is 9.97 Å². The van der Waals surface area contributed by atoms with Gasteiger partial charge in [0.15, 0.2) is 0 Å². The summed E-state index contributed by atoms with van der Waals surface area (Å²) < 4.78 is 0. The first kappa shape index (κ1) is 14.8. The smallest absolute Gasteiger partial charge is 0.135 e. The summed E-state index contributed by atoms with van der Waals surface area (Å²) in [6.07, 6.45) is 1.80. The molecule has 0 bridgehead atoms. The Labute approximate surface area is 125 Å². The Morgan fingerprint density at radius 2 is 1.80 bits per heavy atom. The minimum Gasteiger partial charge on any atom is -0.370 e. The normalized spacial score (nSPS) is 10.6. The first-order chi connectivity index (χ1) is 9.60. The number of hydrogen-bond donors (Lipinski definition) is 1. The van der Waals surface area contributed by atoms with Gasteiger partial charge < -0.3 is 5.32 Å². The molecule has 0 aliphatic carbocycles. The maximum Gasteiger partial charge on any atom is 0.135 e. The van der Waals surface area contributed by atoms with Gasteiger partial charge >= 0.3 is 0 Å². The molecule has 0 atom stereocenters. The molecule has 2 rings (SSSR count). The van der Waals surface area contributed by atoms with E-state index in [0.717, 1.165) is 47.3 Å². The quantitative estimate of drug-likeness (QED) is 0.898. The summed E-state index contributed by atoms with van der Waals surface area (Å²) in [6, 6.07) is 7.82. The van der Waals surface area contributed by atoms with Gasteiger partial charge in [-0.15, -0.1) is 0 Å². The molecule has 0 aliphatic rings. The van der Waals surface area contributed by atoms with Gasteiger partial charge in [-0.2, -0.15) is 0 Å². The molecule has 1 aromatic carbocycles. The molecule has 0 aliphatic heterocycles. The largest absolute Gasteiger partial charge is 0.370 e. The van der Waals surface area contributed by atoms with Crippen molar-refractivity contribution >= 4 is 17.4 Å². The topological polar surface area (TPSA) is 37.8 Å². The van der Waals surface area contributed by atoms with Crippen molar-refractivity contribution in [1.29, 1.82) is 0 Å². The second-order valence-corrected chi connectivity index (χ2v) is 5.37. The third-order valence-electron chi connectivity index (χ3n) is 3.25. The van der Waals surface area contributed by atoms with Crippen LogP contribution in [0.2, 0.25) is 5.02 Å². The molecule has 1 N–H and O–H groups in total. The summed E-state index contributed by atoms with van der Waals surface area (Å²) in [4.78, 5) is 9.21. The summed E-state index contributed by atoms with van der Waals surface area (Å²) in [7, 11) is 0. The molecule has 2 aromatic rings. The Morgan fingerprint density at radius 3 is 2.45 bits per heavy atom. The standard InChI is InChI=1S/C16H20ClN3/c1-4-9-18-16-11(2)12(3)19-15(20-16)10-13-5-7-14(17)8-6-13/h5-8H,4,9-10H2,1-3H3,(H,18,19,20). The number of benzene rings is 1. The van der Waals surface area contributed by atoms with Crippen LogP contribution in [-0.2, 0) is 6.42 Å². The van der Waals surface area contributed by atoms with Crippen molar-refractivity contribution in [3.8, 4) is 0 Å². The van der Waals surface area contributed by atoms with Crippen LogP contribution >= 0.6 is 11.6 Å². The summed E-state index contributed by atoms with van der Waals surface area (Å²) in [5.41, 5.74) is 3.32. The molecule has 0 unspecified atom stereocenters. The van der Waals surface area contributed by atoms with E-state index in [9.17, 15) is 0 Å². The van der Waals surface area contributed by atoms with Gasteiger partial charge in [-0.25, -0.2) is 9.97 Å². The maximum atomic E-state index is 5.90. The zero-order valence-corrected chi connectivity index (χ0v) is 13.0. The van der Waals surface area contributed by atoms with Crippen LogP contribution in [0.4, 0.5) is 5.82 Å². The molecule has 3 nitrogen and oxygen atoms in total. The van der Waals surface area contributed by atoms with Crippen LogP contribution in [0.5, 0.6) is 0 Å². The fraction of sp³-hybridized carbons (Fsp3) is 0.375. The first-order valence-corrected chi connectivity index (χ1v) is 7.30. The molecular formula is C16H20ClN3. The number of nitrogens with one attached hydrogen (secondary N) is 1. The molecular weight excluding hydrogens is 270 g/mol. The fourth-order valence-electron chi connectivity index (χ4n) is 1.97. The minimum absolute atomic E-state index is 0.721. The number of aryl methyl sites for hydroxylation is 1. The molecule has 0 amide bonds. The van der Waals surface area contributed by atoms with E-state index in [4.69, 9.17) is 11.6 Å². The van der Waals surface area contributed by atoms with Crippen LogP contribution in [-0.4, -0.2) is 16.5 Å². The number of aromatic nitrogens is 2. The van der Waals surface area contributed by atoms with Gasteiger partial charge in [0.1, 0.15) is 11.6 Å². The Balaban J connectivity index is 2.23. The molecule has 1 heterocycles. The van der Waals surface area contributed by atoms with E-state index in [2.05, 4.69) is 29.1 Å². The highest BCUT2D eigenvalue weighted by atomic mass is 35.5. The highest BCUT2D eigenvalue weighted by Gasteiger charge is 2.08. The van der Waals surface area contributed by atoms with E-state index < -0.39 is 0 Å². The van der Waals surface area contributed by atoms with E-state index in [1.54, 1.807) is 0 Å². The van der Waals surface area contributed by atoms with Crippen LogP contribution in [0.25, 0.3) is 0 Å². The molecule has 0 saturated heterocycles. The maximum absolute atomic E-state index is 5.90. The monoisotopic (exact) mass is 289 g/mol. The molecule has 20 heavy (non-hydrogen) atoms. The minimum atomic E-state index is 0.721. The highest BCUT2D eigenvalue weighted by Crippen LogP contribution is 2.17. The van der Waals surface area contributed by atoms with Gasteiger partial charge in [0.2, 0.25) is 0 Å². The zero-order chi connectivity index (χ0) is 14.5. The number of hydrogen-bond acceptors (Lipinski definition) is 3. The van der Waals surface area contributed by atoms with E-state index in [1.807, 2.05) is 31.2 Å². The predicted octanol–water partition coefficient (Wildman–Crippen LogP) is 4.16. The third-order valence-corrected chi connectivity index (χ3v) is 3.51. The van der Waals surface area contributed by atoms with Crippen molar-refractivity contribution in [2.45, 2.75) is 33.6 Å². The molecule has 0 spiro atoms. The Bertz CT molecular complexity index is 579. The van der Waals surface area contributed by atoms with E-state index in [-0.39, 0.29) is 0 Å². The average Bonchev–Trinajstić information content (AvgIpc) is 2.43. The van der Waals surface area contributed by atoms with Crippen LogP contribution < -0.4 is 5.32 Å². The number of rotatable bonds is 5. The second kappa shape index (κ2) is 6.71. The van der Waals surface area contributed by atoms with Crippen molar-refractivity contribution in [3.63, 3.8) is 0 Å². The van der Waals surface area contributed by atoms with Crippen LogP contribution in [0, 0.1) is 13.8 Å². The molecule has 4 heteroatoms. The van der Waals surface area contributed by atoms with Gasteiger partial charge in [-0.1, -0.05) is 30.7 Å². The Kier molecular flexibility index (Phi) is 4.96. The van der Waals surface area contributed by atoms with Crippen molar-refractivity contribution in [3.05, 3.63) is 51.9 Å². The van der Waals surface area contributed by atoms with Gasteiger partial charge in [0.25, 0.3) is 0 Å². The lowest BCUT2D eigenvalue weighted by atomic mass is 10.1. The SMILES string of the molecule is CCCNc1nc(Cc2ccc(Cl)cc2)nc(C)c1C.